The van der Waals surface area contributed by atoms with Crippen molar-refractivity contribution in [2.24, 2.45) is 5.92 Å². The van der Waals surface area contributed by atoms with Crippen LogP contribution in [0.4, 0.5) is 4.39 Å². The number of halogens is 1. The molecular formula is C15H18FNO3S. The molecule has 114 valence electrons. The van der Waals surface area contributed by atoms with Crippen LogP contribution in [-0.2, 0) is 15.6 Å². The van der Waals surface area contributed by atoms with Crippen molar-refractivity contribution in [3.63, 3.8) is 0 Å². The Balaban J connectivity index is 1.81. The van der Waals surface area contributed by atoms with Gasteiger partial charge in [-0.2, -0.15) is 0 Å². The Bertz CT molecular complexity index is 663. The molecule has 2 fully saturated rings. The first-order valence-electron chi connectivity index (χ1n) is 7.03. The number of hydrogen-bond donors (Lipinski definition) is 1. The molecule has 0 saturated heterocycles. The van der Waals surface area contributed by atoms with Crippen LogP contribution < -0.4 is 9.46 Å². The van der Waals surface area contributed by atoms with E-state index in [0.717, 1.165) is 23.8 Å². The second-order valence-electron chi connectivity index (χ2n) is 5.80. The van der Waals surface area contributed by atoms with Gasteiger partial charge in [0.1, 0.15) is 0 Å². The lowest BCUT2D eigenvalue weighted by Gasteiger charge is -2.18. The van der Waals surface area contributed by atoms with Crippen molar-refractivity contribution in [3.8, 4) is 5.75 Å². The van der Waals surface area contributed by atoms with Crippen molar-refractivity contribution in [1.82, 2.24) is 4.72 Å². The summed E-state index contributed by atoms with van der Waals surface area (Å²) in [6.45, 7) is 3.81. The average Bonchev–Trinajstić information content (AvgIpc) is 3.33. The Morgan fingerprint density at radius 2 is 2.14 bits per heavy atom. The lowest BCUT2D eigenvalue weighted by atomic mass is 10.1. The molecule has 2 saturated carbocycles. The summed E-state index contributed by atoms with van der Waals surface area (Å²) < 4.78 is 45.2. The molecule has 6 heteroatoms. The second-order valence-corrected chi connectivity index (χ2v) is 7.42. The minimum atomic E-state index is -3.52. The molecule has 0 spiro atoms. The first-order chi connectivity index (χ1) is 9.94. The Labute approximate surface area is 124 Å². The molecule has 1 N–H and O–H groups in total. The predicted octanol–water partition coefficient (Wildman–Crippen LogP) is 2.67. The molecule has 2 aliphatic carbocycles. The van der Waals surface area contributed by atoms with E-state index in [9.17, 15) is 12.8 Å². The van der Waals surface area contributed by atoms with E-state index >= 15 is 0 Å². The maximum absolute atomic E-state index is 13.8. The molecule has 3 rings (SSSR count). The quantitative estimate of drug-likeness (QED) is 0.842. The number of rotatable bonds is 7. The Kier molecular flexibility index (Phi) is 3.53. The van der Waals surface area contributed by atoms with E-state index in [-0.39, 0.29) is 5.75 Å². The van der Waals surface area contributed by atoms with Crippen LogP contribution in [0.1, 0.15) is 31.2 Å². The standard InChI is InChI=1S/C15H18FNO3S/c1-2-21(18,19)17-15(7-8-15)12-5-6-13(16)14(9-12)20-10-11-3-4-11/h2,5-6,9,11,17H,1,3-4,7-8,10H2. The molecule has 0 bridgehead atoms. The molecule has 0 heterocycles. The summed E-state index contributed by atoms with van der Waals surface area (Å²) in [7, 11) is -3.52. The molecule has 0 amide bonds. The fraction of sp³-hybridized carbons (Fsp3) is 0.467. The van der Waals surface area contributed by atoms with Crippen LogP contribution in [0.25, 0.3) is 0 Å². The molecule has 1 aromatic carbocycles. The van der Waals surface area contributed by atoms with Crippen LogP contribution in [0, 0.1) is 11.7 Å². The molecule has 0 radical (unpaired) electrons. The van der Waals surface area contributed by atoms with Crippen LogP contribution in [0.5, 0.6) is 5.75 Å². The normalized spacial score (nSPS) is 20.0. The van der Waals surface area contributed by atoms with Gasteiger partial charge in [-0.1, -0.05) is 12.6 Å². The van der Waals surface area contributed by atoms with Crippen LogP contribution in [0.3, 0.4) is 0 Å². The van der Waals surface area contributed by atoms with Gasteiger partial charge in [0.2, 0.25) is 10.0 Å². The average molecular weight is 311 g/mol. The van der Waals surface area contributed by atoms with E-state index in [1.54, 1.807) is 12.1 Å². The maximum Gasteiger partial charge on any atom is 0.233 e. The lowest BCUT2D eigenvalue weighted by Crippen LogP contribution is -2.33. The highest BCUT2D eigenvalue weighted by atomic mass is 32.2. The third-order valence-corrected chi connectivity index (χ3v) is 5.08. The van der Waals surface area contributed by atoms with Crippen molar-refractivity contribution in [3.05, 3.63) is 41.6 Å². The number of sulfonamides is 1. The summed E-state index contributed by atoms with van der Waals surface area (Å²) >= 11 is 0. The summed E-state index contributed by atoms with van der Waals surface area (Å²) in [6, 6.07) is 4.55. The Hall–Kier alpha value is -1.40. The zero-order chi connectivity index (χ0) is 15.1. The third-order valence-electron chi connectivity index (χ3n) is 3.96. The SMILES string of the molecule is C=CS(=O)(=O)NC1(c2ccc(F)c(OCC3CC3)c2)CC1. The maximum atomic E-state index is 13.8. The monoisotopic (exact) mass is 311 g/mol. The Morgan fingerprint density at radius 1 is 1.43 bits per heavy atom. The first-order valence-corrected chi connectivity index (χ1v) is 8.58. The summed E-state index contributed by atoms with van der Waals surface area (Å²) in [6.07, 6.45) is 3.64. The zero-order valence-corrected chi connectivity index (χ0v) is 12.5. The zero-order valence-electron chi connectivity index (χ0n) is 11.6. The number of nitrogens with one attached hydrogen (secondary N) is 1. The molecular weight excluding hydrogens is 293 g/mol. The van der Waals surface area contributed by atoms with Gasteiger partial charge in [-0.15, -0.1) is 0 Å². The molecule has 1 aromatic rings. The third kappa shape index (κ3) is 3.27. The largest absolute Gasteiger partial charge is 0.490 e. The minimum Gasteiger partial charge on any atom is -0.490 e. The fourth-order valence-corrected chi connectivity index (χ4v) is 3.24. The first kappa shape index (κ1) is 14.5. The summed E-state index contributed by atoms with van der Waals surface area (Å²) in [5.74, 6) is 0.312. The second kappa shape index (κ2) is 5.10. The molecule has 2 aliphatic rings. The van der Waals surface area contributed by atoms with Crippen molar-refractivity contribution >= 4 is 10.0 Å². The van der Waals surface area contributed by atoms with Gasteiger partial charge in [0.05, 0.1) is 12.1 Å². The van der Waals surface area contributed by atoms with Crippen LogP contribution in [-0.4, -0.2) is 15.0 Å². The lowest BCUT2D eigenvalue weighted by molar-refractivity contribution is 0.284. The van der Waals surface area contributed by atoms with Gasteiger partial charge in [-0.3, -0.25) is 0 Å². The van der Waals surface area contributed by atoms with E-state index in [0.29, 0.717) is 25.4 Å². The van der Waals surface area contributed by atoms with Crippen molar-refractivity contribution in [2.45, 2.75) is 31.2 Å². The van der Waals surface area contributed by atoms with Crippen molar-refractivity contribution in [2.75, 3.05) is 6.61 Å². The number of benzene rings is 1. The van der Waals surface area contributed by atoms with Gasteiger partial charge in [-0.05, 0) is 49.3 Å². The van der Waals surface area contributed by atoms with E-state index in [1.165, 1.54) is 6.07 Å². The number of hydrogen-bond acceptors (Lipinski definition) is 3. The van der Waals surface area contributed by atoms with Crippen LogP contribution in [0.2, 0.25) is 0 Å². The van der Waals surface area contributed by atoms with Crippen molar-refractivity contribution < 1.29 is 17.5 Å². The molecule has 0 atom stereocenters. The van der Waals surface area contributed by atoms with Gasteiger partial charge in [-0.25, -0.2) is 17.5 Å². The Morgan fingerprint density at radius 3 is 2.71 bits per heavy atom. The van der Waals surface area contributed by atoms with E-state index in [2.05, 4.69) is 11.3 Å². The topological polar surface area (TPSA) is 55.4 Å². The summed E-state index contributed by atoms with van der Waals surface area (Å²) in [4.78, 5) is 0. The highest BCUT2D eigenvalue weighted by Gasteiger charge is 2.47. The highest BCUT2D eigenvalue weighted by molar-refractivity contribution is 7.92. The molecule has 21 heavy (non-hydrogen) atoms. The molecule has 0 unspecified atom stereocenters. The van der Waals surface area contributed by atoms with Gasteiger partial charge in [0.15, 0.2) is 11.6 Å². The van der Waals surface area contributed by atoms with Crippen LogP contribution in [0.15, 0.2) is 30.2 Å². The summed E-state index contributed by atoms with van der Waals surface area (Å²) in [5.41, 5.74) is 0.0958. The smallest absolute Gasteiger partial charge is 0.233 e. The van der Waals surface area contributed by atoms with Crippen LogP contribution >= 0.6 is 0 Å². The molecule has 0 aliphatic heterocycles. The van der Waals surface area contributed by atoms with E-state index < -0.39 is 21.4 Å². The fourth-order valence-electron chi connectivity index (χ4n) is 2.29. The molecule has 4 nitrogen and oxygen atoms in total. The molecule has 0 aromatic heterocycles. The van der Waals surface area contributed by atoms with Gasteiger partial charge >= 0.3 is 0 Å². The van der Waals surface area contributed by atoms with Gasteiger partial charge in [0.25, 0.3) is 0 Å². The van der Waals surface area contributed by atoms with E-state index in [1.807, 2.05) is 0 Å². The van der Waals surface area contributed by atoms with Gasteiger partial charge < -0.3 is 4.74 Å². The van der Waals surface area contributed by atoms with Crippen molar-refractivity contribution in [1.29, 1.82) is 0 Å². The minimum absolute atomic E-state index is 0.198. The highest BCUT2D eigenvalue weighted by Crippen LogP contribution is 2.47. The number of ether oxygens (including phenoxy) is 1. The summed E-state index contributed by atoms with van der Waals surface area (Å²) in [5, 5.41) is 0.890. The predicted molar refractivity (Wildman–Crippen MR) is 77.8 cm³/mol. The van der Waals surface area contributed by atoms with Gasteiger partial charge in [0, 0.05) is 5.41 Å². The van der Waals surface area contributed by atoms with E-state index in [4.69, 9.17) is 4.74 Å².